The van der Waals surface area contributed by atoms with Gasteiger partial charge < -0.3 is 9.84 Å². The average molecular weight is 557 g/mol. The summed E-state index contributed by atoms with van der Waals surface area (Å²) in [5.74, 6) is 5.80. The van der Waals surface area contributed by atoms with E-state index in [4.69, 9.17) is 10.6 Å². The highest BCUT2D eigenvalue weighted by atomic mass is 16.5. The molecular formula is C33H52N2O5. The molecule has 0 heterocycles. The minimum absolute atomic E-state index is 0.0186. The van der Waals surface area contributed by atoms with Gasteiger partial charge in [-0.1, -0.05) is 48.5 Å². The number of aliphatic hydroxyl groups excluding tert-OH is 1. The molecule has 4 fully saturated rings. The number of fused-ring (bicyclic) bond motifs is 7. The Morgan fingerprint density at radius 2 is 1.62 bits per heavy atom. The molecule has 5 aliphatic rings. The number of nitrogens with two attached hydrogens (primary N) is 1. The van der Waals surface area contributed by atoms with Crippen LogP contribution in [-0.4, -0.2) is 35.0 Å². The van der Waals surface area contributed by atoms with Gasteiger partial charge in [-0.15, -0.1) is 0 Å². The third kappa shape index (κ3) is 3.71. The van der Waals surface area contributed by atoms with E-state index >= 15 is 0 Å². The quantitative estimate of drug-likeness (QED) is 0.188. The molecule has 5 rings (SSSR count). The second-order valence-electron chi connectivity index (χ2n) is 15.7. The van der Waals surface area contributed by atoms with E-state index in [0.717, 1.165) is 56.1 Å². The summed E-state index contributed by atoms with van der Waals surface area (Å²) in [7, 11) is 0. The Balaban J connectivity index is 1.63. The van der Waals surface area contributed by atoms with E-state index in [-0.39, 0.29) is 51.8 Å². The number of carbonyl (C=O) groups excluding carboxylic acids is 3. The molecule has 0 spiro atoms. The zero-order valence-electron chi connectivity index (χ0n) is 26.0. The van der Waals surface area contributed by atoms with E-state index in [1.54, 1.807) is 0 Å². The van der Waals surface area contributed by atoms with Crippen LogP contribution in [0.5, 0.6) is 0 Å². The highest BCUT2D eigenvalue weighted by Gasteiger charge is 2.71. The van der Waals surface area contributed by atoms with Gasteiger partial charge in [0.25, 0.3) is 5.91 Å². The largest absolute Gasteiger partial charge is 0.451 e. The number of hydrogen-bond acceptors (Lipinski definition) is 6. The third-order valence-electron chi connectivity index (χ3n) is 13.6. The fourth-order valence-corrected chi connectivity index (χ4v) is 11.6. The summed E-state index contributed by atoms with van der Waals surface area (Å²) in [6.07, 6.45) is 6.44. The van der Waals surface area contributed by atoms with Crippen molar-refractivity contribution >= 4 is 17.7 Å². The second kappa shape index (κ2) is 9.39. The maximum atomic E-state index is 13.8. The predicted octanol–water partition coefficient (Wildman–Crippen LogP) is 5.25. The van der Waals surface area contributed by atoms with Gasteiger partial charge in [-0.3, -0.25) is 19.8 Å². The van der Waals surface area contributed by atoms with Gasteiger partial charge in [-0.2, -0.15) is 0 Å². The summed E-state index contributed by atoms with van der Waals surface area (Å²) >= 11 is 0. The topological polar surface area (TPSA) is 119 Å². The SMILES string of the molecule is CC(=O)OC(C(=O)NN)[C@@]12CC[C@]3(C)[C@H](CC[C@@H]4[C@@]5(C)CC[C@H](O)C(C)(C)[C@@H]5CC[C@]43C)C1=C(C(C)C)C(=O)C2. The standard InChI is InChI=1S/C33H52N2O5/c1-18(2)25-21(37)17-33(27(28(39)35-34)40-19(3)36)16-15-31(7)20(26(25)33)9-10-23-30(6)13-12-24(38)29(4,5)22(30)11-14-32(23,31)8/h18,20,22-24,27,38H,9-17,34H2,1-8H3,(H,35,39)/t20-,22+,23-,24+,27?,30+,31-,32-,33-/m1/s1. The number of esters is 1. The first-order valence-corrected chi connectivity index (χ1v) is 15.6. The first kappa shape index (κ1) is 29.8. The van der Waals surface area contributed by atoms with Crippen molar-refractivity contribution in [2.75, 3.05) is 0 Å². The van der Waals surface area contributed by atoms with Gasteiger partial charge in [0.2, 0.25) is 0 Å². The Kier molecular flexibility index (Phi) is 6.98. The zero-order chi connectivity index (χ0) is 29.6. The third-order valence-corrected chi connectivity index (χ3v) is 13.6. The number of ether oxygens (including phenoxy) is 1. The summed E-state index contributed by atoms with van der Waals surface area (Å²) in [5.41, 5.74) is 3.37. The van der Waals surface area contributed by atoms with E-state index in [1.165, 1.54) is 6.92 Å². The van der Waals surface area contributed by atoms with E-state index in [9.17, 15) is 19.5 Å². The van der Waals surface area contributed by atoms with Crippen LogP contribution >= 0.6 is 0 Å². The lowest BCUT2D eigenvalue weighted by Crippen LogP contribution is -2.66. The lowest BCUT2D eigenvalue weighted by atomic mass is 9.33. The van der Waals surface area contributed by atoms with Crippen molar-refractivity contribution in [3.8, 4) is 0 Å². The Hall–Kier alpha value is -1.73. The van der Waals surface area contributed by atoms with Gasteiger partial charge >= 0.3 is 5.97 Å². The van der Waals surface area contributed by atoms with Gasteiger partial charge in [0.05, 0.1) is 6.10 Å². The first-order chi connectivity index (χ1) is 18.5. The number of hydrazine groups is 1. The first-order valence-electron chi connectivity index (χ1n) is 15.6. The summed E-state index contributed by atoms with van der Waals surface area (Å²) < 4.78 is 5.75. The Morgan fingerprint density at radius 3 is 2.23 bits per heavy atom. The van der Waals surface area contributed by atoms with E-state index in [2.05, 4.69) is 53.9 Å². The lowest BCUT2D eigenvalue weighted by molar-refractivity contribution is -0.230. The minimum atomic E-state index is -1.12. The molecule has 7 heteroatoms. The molecule has 4 N–H and O–H groups in total. The van der Waals surface area contributed by atoms with Crippen LogP contribution in [0.1, 0.15) is 113 Å². The van der Waals surface area contributed by atoms with Crippen LogP contribution in [-0.2, 0) is 19.1 Å². The van der Waals surface area contributed by atoms with Crippen LogP contribution in [0.15, 0.2) is 11.1 Å². The average Bonchev–Trinajstić information content (AvgIpc) is 3.18. The molecule has 0 radical (unpaired) electrons. The number of carbonyl (C=O) groups is 3. The number of amides is 1. The highest BCUT2D eigenvalue weighted by Crippen LogP contribution is 2.77. The van der Waals surface area contributed by atoms with Gasteiger partial charge in [0.15, 0.2) is 11.9 Å². The van der Waals surface area contributed by atoms with Crippen LogP contribution < -0.4 is 11.3 Å². The molecule has 9 atom stereocenters. The van der Waals surface area contributed by atoms with E-state index in [1.807, 2.05) is 0 Å². The summed E-state index contributed by atoms with van der Waals surface area (Å²) in [4.78, 5) is 39.3. The summed E-state index contributed by atoms with van der Waals surface area (Å²) in [5, 5.41) is 11.0. The summed E-state index contributed by atoms with van der Waals surface area (Å²) in [6, 6.07) is 0. The van der Waals surface area contributed by atoms with Gasteiger partial charge in [0, 0.05) is 18.8 Å². The molecule has 1 amide bonds. The Morgan fingerprint density at radius 1 is 0.950 bits per heavy atom. The number of Topliss-reactive ketones (excluding diaryl/α,β-unsaturated/α-hetero) is 1. The van der Waals surface area contributed by atoms with Crippen molar-refractivity contribution in [3.63, 3.8) is 0 Å². The van der Waals surface area contributed by atoms with Crippen LogP contribution in [0, 0.1) is 50.7 Å². The number of allylic oxidation sites excluding steroid dienone is 1. The molecule has 224 valence electrons. The molecule has 0 aliphatic heterocycles. The van der Waals surface area contributed by atoms with Crippen LogP contribution in [0.3, 0.4) is 0 Å². The van der Waals surface area contributed by atoms with Gasteiger partial charge in [0.1, 0.15) is 0 Å². The molecule has 40 heavy (non-hydrogen) atoms. The van der Waals surface area contributed by atoms with Crippen LogP contribution in [0.25, 0.3) is 0 Å². The molecule has 0 aromatic carbocycles. The fourth-order valence-electron chi connectivity index (χ4n) is 11.6. The summed E-state index contributed by atoms with van der Waals surface area (Å²) in [6.45, 7) is 17.5. The molecule has 1 unspecified atom stereocenters. The lowest BCUT2D eigenvalue weighted by Gasteiger charge is -2.72. The second-order valence-corrected chi connectivity index (χ2v) is 15.7. The highest BCUT2D eigenvalue weighted by molar-refractivity contribution is 6.02. The Labute approximate surface area is 240 Å². The van der Waals surface area contributed by atoms with Crippen molar-refractivity contribution in [2.24, 2.45) is 56.6 Å². The van der Waals surface area contributed by atoms with Crippen molar-refractivity contribution in [1.29, 1.82) is 0 Å². The van der Waals surface area contributed by atoms with Gasteiger partial charge in [-0.25, -0.2) is 5.84 Å². The minimum Gasteiger partial charge on any atom is -0.451 e. The molecule has 4 saturated carbocycles. The van der Waals surface area contributed by atoms with E-state index in [0.29, 0.717) is 18.3 Å². The molecule has 0 saturated heterocycles. The normalized spacial score (nSPS) is 44.7. The number of rotatable bonds is 4. The fraction of sp³-hybridized carbons (Fsp3) is 0.848. The molecule has 5 aliphatic carbocycles. The molecule has 0 aromatic heterocycles. The van der Waals surface area contributed by atoms with Crippen LogP contribution in [0.4, 0.5) is 0 Å². The van der Waals surface area contributed by atoms with Crippen molar-refractivity contribution < 1.29 is 24.2 Å². The Bertz CT molecular complexity index is 1140. The van der Waals surface area contributed by atoms with Crippen molar-refractivity contribution in [2.45, 2.75) is 125 Å². The maximum Gasteiger partial charge on any atom is 0.303 e. The number of ketones is 1. The molecular weight excluding hydrogens is 504 g/mol. The van der Waals surface area contributed by atoms with Crippen molar-refractivity contribution in [1.82, 2.24) is 5.43 Å². The van der Waals surface area contributed by atoms with Crippen molar-refractivity contribution in [3.05, 3.63) is 11.1 Å². The molecule has 7 nitrogen and oxygen atoms in total. The predicted molar refractivity (Wildman–Crippen MR) is 153 cm³/mol. The number of aliphatic hydroxyl groups is 1. The molecule has 0 bridgehead atoms. The molecule has 0 aromatic rings. The zero-order valence-corrected chi connectivity index (χ0v) is 26.0. The van der Waals surface area contributed by atoms with Crippen LogP contribution in [0.2, 0.25) is 0 Å². The maximum absolute atomic E-state index is 13.8. The number of hydrogen-bond donors (Lipinski definition) is 3. The van der Waals surface area contributed by atoms with E-state index < -0.39 is 23.4 Å². The van der Waals surface area contributed by atoms with Gasteiger partial charge in [-0.05, 0) is 108 Å². The monoisotopic (exact) mass is 556 g/mol. The smallest absolute Gasteiger partial charge is 0.303 e. The number of nitrogens with one attached hydrogen (secondary N) is 1.